The number of carbonyl (C=O) groups is 1. The molecular weight excluding hydrogens is 366 g/mol. The van der Waals surface area contributed by atoms with Crippen molar-refractivity contribution in [3.8, 4) is 11.5 Å². The standard InChI is InChI=1S/C23H23N3O3/c1-28-21-8-7-17(10-22(21)29-15-16-4-3-9-25-13-16)18-11-23(27)26(14-18)20-6-2-5-19(24)12-20/h2-10,12-13,18H,11,14-15,24H2,1H3. The van der Waals surface area contributed by atoms with Gasteiger partial charge in [0, 0.05) is 48.2 Å². The van der Waals surface area contributed by atoms with Gasteiger partial charge in [-0.3, -0.25) is 9.78 Å². The molecular formula is C23H23N3O3. The number of ether oxygens (including phenoxy) is 2. The number of carbonyl (C=O) groups excluding carboxylic acids is 1. The quantitative estimate of drug-likeness (QED) is 0.650. The number of nitrogens with zero attached hydrogens (tertiary/aromatic N) is 2. The summed E-state index contributed by atoms with van der Waals surface area (Å²) in [6.07, 6.45) is 3.95. The van der Waals surface area contributed by atoms with Crippen molar-refractivity contribution >= 4 is 17.3 Å². The van der Waals surface area contributed by atoms with Crippen LogP contribution in [0.15, 0.2) is 67.0 Å². The van der Waals surface area contributed by atoms with Gasteiger partial charge in [0.1, 0.15) is 6.61 Å². The predicted molar refractivity (Wildman–Crippen MR) is 112 cm³/mol. The summed E-state index contributed by atoms with van der Waals surface area (Å²) in [6.45, 7) is 1.00. The molecule has 3 aromatic rings. The van der Waals surface area contributed by atoms with Gasteiger partial charge >= 0.3 is 0 Å². The highest BCUT2D eigenvalue weighted by Crippen LogP contribution is 2.37. The molecule has 1 aliphatic heterocycles. The number of nitrogen functional groups attached to an aromatic ring is 1. The van der Waals surface area contributed by atoms with Gasteiger partial charge in [0.05, 0.1) is 7.11 Å². The van der Waals surface area contributed by atoms with Crippen LogP contribution in [-0.2, 0) is 11.4 Å². The number of pyridine rings is 1. The van der Waals surface area contributed by atoms with Gasteiger partial charge in [0.15, 0.2) is 11.5 Å². The molecule has 1 aliphatic rings. The summed E-state index contributed by atoms with van der Waals surface area (Å²) >= 11 is 0. The fourth-order valence-electron chi connectivity index (χ4n) is 3.58. The maximum atomic E-state index is 12.6. The van der Waals surface area contributed by atoms with E-state index in [1.54, 1.807) is 24.4 Å². The highest BCUT2D eigenvalue weighted by Gasteiger charge is 2.32. The molecule has 0 saturated carbocycles. The second-order valence-corrected chi connectivity index (χ2v) is 7.06. The fraction of sp³-hybridized carbons (Fsp3) is 0.217. The van der Waals surface area contributed by atoms with Gasteiger partial charge < -0.3 is 20.1 Å². The molecule has 6 nitrogen and oxygen atoms in total. The number of aromatic nitrogens is 1. The minimum absolute atomic E-state index is 0.0792. The molecule has 4 rings (SSSR count). The maximum Gasteiger partial charge on any atom is 0.227 e. The lowest BCUT2D eigenvalue weighted by molar-refractivity contribution is -0.117. The van der Waals surface area contributed by atoms with E-state index < -0.39 is 0 Å². The molecule has 1 aromatic heterocycles. The molecule has 29 heavy (non-hydrogen) atoms. The zero-order chi connectivity index (χ0) is 20.2. The van der Waals surface area contributed by atoms with E-state index in [1.165, 1.54) is 0 Å². The van der Waals surface area contributed by atoms with Gasteiger partial charge in [-0.15, -0.1) is 0 Å². The van der Waals surface area contributed by atoms with Crippen LogP contribution in [0, 0.1) is 0 Å². The largest absolute Gasteiger partial charge is 0.493 e. The zero-order valence-corrected chi connectivity index (χ0v) is 16.2. The lowest BCUT2D eigenvalue weighted by atomic mass is 9.98. The molecule has 2 aromatic carbocycles. The zero-order valence-electron chi connectivity index (χ0n) is 16.2. The van der Waals surface area contributed by atoms with Crippen molar-refractivity contribution in [1.82, 2.24) is 4.98 Å². The SMILES string of the molecule is COc1ccc(C2CC(=O)N(c3cccc(N)c3)C2)cc1OCc1cccnc1. The van der Waals surface area contributed by atoms with E-state index in [4.69, 9.17) is 15.2 Å². The van der Waals surface area contributed by atoms with E-state index in [1.807, 2.05) is 54.6 Å². The maximum absolute atomic E-state index is 12.6. The first-order chi connectivity index (χ1) is 14.1. The van der Waals surface area contributed by atoms with Crippen LogP contribution in [0.2, 0.25) is 0 Å². The first-order valence-corrected chi connectivity index (χ1v) is 9.49. The normalized spacial score (nSPS) is 16.1. The van der Waals surface area contributed by atoms with E-state index in [9.17, 15) is 4.79 Å². The first kappa shape index (κ1) is 18.8. The lowest BCUT2D eigenvalue weighted by Crippen LogP contribution is -2.24. The van der Waals surface area contributed by atoms with E-state index >= 15 is 0 Å². The Bertz CT molecular complexity index is 1010. The summed E-state index contributed by atoms with van der Waals surface area (Å²) in [6, 6.07) is 17.1. The van der Waals surface area contributed by atoms with Crippen LogP contribution >= 0.6 is 0 Å². The van der Waals surface area contributed by atoms with Crippen LogP contribution in [0.25, 0.3) is 0 Å². The third kappa shape index (κ3) is 4.16. The second kappa shape index (κ2) is 8.22. The molecule has 0 bridgehead atoms. The number of benzene rings is 2. The third-order valence-corrected chi connectivity index (χ3v) is 5.08. The molecule has 1 amide bonds. The van der Waals surface area contributed by atoms with Crippen molar-refractivity contribution in [1.29, 1.82) is 0 Å². The molecule has 1 atom stereocenters. The summed E-state index contributed by atoms with van der Waals surface area (Å²) in [5.74, 6) is 1.49. The fourth-order valence-corrected chi connectivity index (χ4v) is 3.58. The minimum Gasteiger partial charge on any atom is -0.493 e. The smallest absolute Gasteiger partial charge is 0.227 e. The van der Waals surface area contributed by atoms with Gasteiger partial charge in [-0.25, -0.2) is 0 Å². The number of anilines is 2. The highest BCUT2D eigenvalue weighted by molar-refractivity contribution is 5.96. The van der Waals surface area contributed by atoms with E-state index in [0.717, 1.165) is 16.8 Å². The molecule has 2 heterocycles. The Kier molecular flexibility index (Phi) is 5.33. The number of amides is 1. The molecule has 6 heteroatoms. The van der Waals surface area contributed by atoms with Crippen molar-refractivity contribution < 1.29 is 14.3 Å². The average Bonchev–Trinajstić information content (AvgIpc) is 3.14. The summed E-state index contributed by atoms with van der Waals surface area (Å²) in [5, 5.41) is 0. The van der Waals surface area contributed by atoms with Crippen molar-refractivity contribution in [2.45, 2.75) is 18.9 Å². The summed E-state index contributed by atoms with van der Waals surface area (Å²) in [4.78, 5) is 18.5. The topological polar surface area (TPSA) is 77.7 Å². The van der Waals surface area contributed by atoms with Crippen LogP contribution < -0.4 is 20.1 Å². The summed E-state index contributed by atoms with van der Waals surface area (Å²) in [5.41, 5.74) is 9.38. The number of methoxy groups -OCH3 is 1. The van der Waals surface area contributed by atoms with Crippen LogP contribution in [0.4, 0.5) is 11.4 Å². The Morgan fingerprint density at radius 1 is 1.14 bits per heavy atom. The monoisotopic (exact) mass is 389 g/mol. The van der Waals surface area contributed by atoms with Crippen molar-refractivity contribution in [3.05, 3.63) is 78.1 Å². The van der Waals surface area contributed by atoms with Crippen LogP contribution in [0.1, 0.15) is 23.5 Å². The van der Waals surface area contributed by atoms with Crippen LogP contribution in [0.3, 0.4) is 0 Å². The number of rotatable bonds is 6. The molecule has 0 radical (unpaired) electrons. The molecule has 1 unspecified atom stereocenters. The summed E-state index contributed by atoms with van der Waals surface area (Å²) in [7, 11) is 1.62. The number of hydrogen-bond acceptors (Lipinski definition) is 5. The van der Waals surface area contributed by atoms with Gasteiger partial charge in [-0.1, -0.05) is 18.2 Å². The number of hydrogen-bond donors (Lipinski definition) is 1. The molecule has 2 N–H and O–H groups in total. The van der Waals surface area contributed by atoms with Gasteiger partial charge in [0.2, 0.25) is 5.91 Å². The Labute approximate surface area is 169 Å². The van der Waals surface area contributed by atoms with E-state index in [-0.39, 0.29) is 11.8 Å². The number of nitrogens with two attached hydrogens (primary N) is 1. The highest BCUT2D eigenvalue weighted by atomic mass is 16.5. The summed E-state index contributed by atoms with van der Waals surface area (Å²) < 4.78 is 11.4. The van der Waals surface area contributed by atoms with Crippen molar-refractivity contribution in [2.24, 2.45) is 0 Å². The first-order valence-electron chi connectivity index (χ1n) is 9.49. The van der Waals surface area contributed by atoms with Gasteiger partial charge in [-0.2, -0.15) is 0 Å². The minimum atomic E-state index is 0.0792. The predicted octanol–water partition coefficient (Wildman–Crippen LogP) is 3.77. The molecule has 0 aliphatic carbocycles. The average molecular weight is 389 g/mol. The van der Waals surface area contributed by atoms with E-state index in [0.29, 0.717) is 36.8 Å². The van der Waals surface area contributed by atoms with Gasteiger partial charge in [-0.05, 0) is 42.0 Å². The lowest BCUT2D eigenvalue weighted by Gasteiger charge is -2.18. The van der Waals surface area contributed by atoms with Crippen molar-refractivity contribution in [2.75, 3.05) is 24.3 Å². The molecule has 1 saturated heterocycles. The third-order valence-electron chi connectivity index (χ3n) is 5.08. The Morgan fingerprint density at radius 3 is 2.79 bits per heavy atom. The molecule has 0 spiro atoms. The van der Waals surface area contributed by atoms with Gasteiger partial charge in [0.25, 0.3) is 0 Å². The second-order valence-electron chi connectivity index (χ2n) is 7.06. The Hall–Kier alpha value is -3.54. The van der Waals surface area contributed by atoms with Crippen molar-refractivity contribution in [3.63, 3.8) is 0 Å². The van der Waals surface area contributed by atoms with Crippen LogP contribution in [0.5, 0.6) is 11.5 Å². The van der Waals surface area contributed by atoms with Crippen LogP contribution in [-0.4, -0.2) is 24.5 Å². The Balaban J connectivity index is 1.53. The Morgan fingerprint density at radius 2 is 2.03 bits per heavy atom. The molecule has 1 fully saturated rings. The molecule has 148 valence electrons. The van der Waals surface area contributed by atoms with E-state index in [2.05, 4.69) is 4.98 Å².